The molecule has 132 valence electrons. The molecule has 0 spiro atoms. The quantitative estimate of drug-likeness (QED) is 0.527. The molecule has 0 atom stereocenters. The Balaban J connectivity index is 1.52. The van der Waals surface area contributed by atoms with Crippen LogP contribution in [0.5, 0.6) is 0 Å². The van der Waals surface area contributed by atoms with Crippen LogP contribution in [0, 0.1) is 17.0 Å². The monoisotopic (exact) mass is 367 g/mol. The van der Waals surface area contributed by atoms with Gasteiger partial charge in [0.15, 0.2) is 0 Å². The number of rotatable bonds is 6. The third-order valence-electron chi connectivity index (χ3n) is 3.91. The largest absolute Gasteiger partial charge is 0.352 e. The minimum atomic E-state index is -0.488. The Morgan fingerprint density at radius 2 is 1.85 bits per heavy atom. The number of nitro benzene ring substituents is 1. The number of aromatic nitrogens is 1. The molecule has 26 heavy (non-hydrogen) atoms. The smallest absolute Gasteiger partial charge is 0.269 e. The fourth-order valence-electron chi connectivity index (χ4n) is 2.50. The number of thiazole rings is 1. The van der Waals surface area contributed by atoms with Gasteiger partial charge in [0.05, 0.1) is 15.6 Å². The van der Waals surface area contributed by atoms with Crippen LogP contribution in [0.4, 0.5) is 5.69 Å². The third kappa shape index (κ3) is 4.31. The number of benzene rings is 2. The SMILES string of the molecule is Cc1nc(-c2ccc(CCNC(=O)c3ccc([N+](=O)[O-])cc3)cc2)cs1. The molecule has 0 aliphatic rings. The lowest BCUT2D eigenvalue weighted by Gasteiger charge is -2.06. The van der Waals surface area contributed by atoms with Crippen molar-refractivity contribution in [3.05, 3.63) is 80.2 Å². The second-order valence-corrected chi connectivity index (χ2v) is 6.82. The number of amides is 1. The van der Waals surface area contributed by atoms with Gasteiger partial charge in [-0.1, -0.05) is 24.3 Å². The zero-order chi connectivity index (χ0) is 18.5. The van der Waals surface area contributed by atoms with E-state index < -0.39 is 4.92 Å². The number of hydrogen-bond donors (Lipinski definition) is 1. The molecular weight excluding hydrogens is 350 g/mol. The van der Waals surface area contributed by atoms with Crippen LogP contribution in [0.2, 0.25) is 0 Å². The molecule has 3 aromatic rings. The van der Waals surface area contributed by atoms with Gasteiger partial charge < -0.3 is 5.32 Å². The summed E-state index contributed by atoms with van der Waals surface area (Å²) in [5.41, 5.74) is 3.55. The second-order valence-electron chi connectivity index (χ2n) is 5.76. The van der Waals surface area contributed by atoms with E-state index in [0.717, 1.165) is 21.8 Å². The Morgan fingerprint density at radius 3 is 2.42 bits per heavy atom. The summed E-state index contributed by atoms with van der Waals surface area (Å²) in [5.74, 6) is -0.241. The zero-order valence-electron chi connectivity index (χ0n) is 14.1. The molecule has 0 saturated carbocycles. The van der Waals surface area contributed by atoms with Crippen LogP contribution in [-0.2, 0) is 6.42 Å². The first-order valence-corrected chi connectivity index (χ1v) is 8.95. The van der Waals surface area contributed by atoms with Gasteiger partial charge in [-0.25, -0.2) is 4.98 Å². The first-order valence-electron chi connectivity index (χ1n) is 8.07. The minimum Gasteiger partial charge on any atom is -0.352 e. The van der Waals surface area contributed by atoms with Gasteiger partial charge in [0.25, 0.3) is 11.6 Å². The maximum Gasteiger partial charge on any atom is 0.269 e. The summed E-state index contributed by atoms with van der Waals surface area (Å²) in [6.45, 7) is 2.47. The topological polar surface area (TPSA) is 85.1 Å². The summed E-state index contributed by atoms with van der Waals surface area (Å²) in [4.78, 5) is 26.7. The number of non-ortho nitro benzene ring substituents is 1. The van der Waals surface area contributed by atoms with E-state index in [-0.39, 0.29) is 11.6 Å². The number of carbonyl (C=O) groups excluding carboxylic acids is 1. The molecule has 1 heterocycles. The van der Waals surface area contributed by atoms with Crippen molar-refractivity contribution in [2.75, 3.05) is 6.54 Å². The maximum absolute atomic E-state index is 12.1. The summed E-state index contributed by atoms with van der Waals surface area (Å²) >= 11 is 1.62. The number of hydrogen-bond acceptors (Lipinski definition) is 5. The molecule has 1 aromatic heterocycles. The lowest BCUT2D eigenvalue weighted by atomic mass is 10.1. The van der Waals surface area contributed by atoms with Gasteiger partial charge in [0, 0.05) is 35.2 Å². The van der Waals surface area contributed by atoms with Gasteiger partial charge in [0.1, 0.15) is 0 Å². The number of carbonyl (C=O) groups is 1. The van der Waals surface area contributed by atoms with E-state index in [4.69, 9.17) is 0 Å². The number of aryl methyl sites for hydroxylation is 1. The normalized spacial score (nSPS) is 10.5. The molecular formula is C19H17N3O3S. The van der Waals surface area contributed by atoms with E-state index >= 15 is 0 Å². The van der Waals surface area contributed by atoms with E-state index in [1.165, 1.54) is 24.3 Å². The minimum absolute atomic E-state index is 0.0306. The highest BCUT2D eigenvalue weighted by atomic mass is 32.1. The van der Waals surface area contributed by atoms with Crippen LogP contribution >= 0.6 is 11.3 Å². The van der Waals surface area contributed by atoms with Crippen LogP contribution in [-0.4, -0.2) is 22.4 Å². The van der Waals surface area contributed by atoms with Crippen LogP contribution < -0.4 is 5.32 Å². The number of nitrogens with zero attached hydrogens (tertiary/aromatic N) is 2. The van der Waals surface area contributed by atoms with Gasteiger partial charge >= 0.3 is 0 Å². The van der Waals surface area contributed by atoms with Crippen molar-refractivity contribution in [2.24, 2.45) is 0 Å². The first kappa shape index (κ1) is 17.8. The molecule has 7 heteroatoms. The van der Waals surface area contributed by atoms with E-state index in [2.05, 4.69) is 10.3 Å². The molecule has 1 N–H and O–H groups in total. The fourth-order valence-corrected chi connectivity index (χ4v) is 3.12. The Labute approximate surface area is 154 Å². The number of nitrogens with one attached hydrogen (secondary N) is 1. The summed E-state index contributed by atoms with van der Waals surface area (Å²) in [7, 11) is 0. The van der Waals surface area contributed by atoms with Crippen LogP contribution in [0.1, 0.15) is 20.9 Å². The highest BCUT2D eigenvalue weighted by molar-refractivity contribution is 7.09. The van der Waals surface area contributed by atoms with E-state index in [1.807, 2.05) is 36.6 Å². The summed E-state index contributed by atoms with van der Waals surface area (Å²) in [5, 5.41) is 16.5. The van der Waals surface area contributed by atoms with Gasteiger partial charge in [0.2, 0.25) is 0 Å². The van der Waals surface area contributed by atoms with Crippen molar-refractivity contribution < 1.29 is 9.72 Å². The third-order valence-corrected chi connectivity index (χ3v) is 4.68. The van der Waals surface area contributed by atoms with E-state index in [1.54, 1.807) is 11.3 Å². The average molecular weight is 367 g/mol. The Kier molecular flexibility index (Phi) is 5.38. The molecule has 0 unspecified atom stereocenters. The Bertz CT molecular complexity index is 918. The molecule has 2 aromatic carbocycles. The van der Waals surface area contributed by atoms with E-state index in [0.29, 0.717) is 18.5 Å². The predicted octanol–water partition coefficient (Wildman–Crippen LogP) is 4.00. The van der Waals surface area contributed by atoms with Crippen LogP contribution in [0.25, 0.3) is 11.3 Å². The maximum atomic E-state index is 12.1. The molecule has 0 saturated heterocycles. The van der Waals surface area contributed by atoms with Gasteiger partial charge in [-0.3, -0.25) is 14.9 Å². The highest BCUT2D eigenvalue weighted by Crippen LogP contribution is 2.21. The molecule has 6 nitrogen and oxygen atoms in total. The summed E-state index contributed by atoms with van der Waals surface area (Å²) < 4.78 is 0. The Morgan fingerprint density at radius 1 is 1.15 bits per heavy atom. The second kappa shape index (κ2) is 7.88. The number of nitro groups is 1. The fraction of sp³-hybridized carbons (Fsp3) is 0.158. The van der Waals surface area contributed by atoms with Crippen LogP contribution in [0.15, 0.2) is 53.9 Å². The summed E-state index contributed by atoms with van der Waals surface area (Å²) in [6.07, 6.45) is 0.703. The molecule has 0 fully saturated rings. The van der Waals surface area contributed by atoms with Crippen molar-refractivity contribution in [1.29, 1.82) is 0 Å². The summed E-state index contributed by atoms with van der Waals surface area (Å²) in [6, 6.07) is 13.7. The van der Waals surface area contributed by atoms with E-state index in [9.17, 15) is 14.9 Å². The Hall–Kier alpha value is -3.06. The van der Waals surface area contributed by atoms with Crippen molar-refractivity contribution in [1.82, 2.24) is 10.3 Å². The molecule has 0 aliphatic carbocycles. The van der Waals surface area contributed by atoms with Crippen molar-refractivity contribution >= 4 is 22.9 Å². The lowest BCUT2D eigenvalue weighted by Crippen LogP contribution is -2.25. The van der Waals surface area contributed by atoms with Gasteiger partial charge in [-0.2, -0.15) is 0 Å². The van der Waals surface area contributed by atoms with Crippen molar-refractivity contribution in [3.8, 4) is 11.3 Å². The van der Waals surface area contributed by atoms with Gasteiger partial charge in [-0.05, 0) is 31.0 Å². The molecule has 0 radical (unpaired) electrons. The van der Waals surface area contributed by atoms with Crippen molar-refractivity contribution in [2.45, 2.75) is 13.3 Å². The first-order chi connectivity index (χ1) is 12.5. The molecule has 3 rings (SSSR count). The predicted molar refractivity (Wildman–Crippen MR) is 101 cm³/mol. The lowest BCUT2D eigenvalue weighted by molar-refractivity contribution is -0.384. The van der Waals surface area contributed by atoms with Crippen molar-refractivity contribution in [3.63, 3.8) is 0 Å². The molecule has 0 aliphatic heterocycles. The highest BCUT2D eigenvalue weighted by Gasteiger charge is 2.09. The standard InChI is InChI=1S/C19H17N3O3S/c1-13-21-18(12-26-13)15-4-2-14(3-5-15)10-11-20-19(23)16-6-8-17(9-7-16)22(24)25/h2-9,12H,10-11H2,1H3,(H,20,23). The molecule has 1 amide bonds. The zero-order valence-corrected chi connectivity index (χ0v) is 15.0. The average Bonchev–Trinajstić information content (AvgIpc) is 3.08. The molecule has 0 bridgehead atoms. The van der Waals surface area contributed by atoms with Gasteiger partial charge in [-0.15, -0.1) is 11.3 Å². The van der Waals surface area contributed by atoms with Crippen LogP contribution in [0.3, 0.4) is 0 Å².